The van der Waals surface area contributed by atoms with E-state index in [4.69, 9.17) is 9.84 Å². The first kappa shape index (κ1) is 33.7. The first-order chi connectivity index (χ1) is 18.5. The summed E-state index contributed by atoms with van der Waals surface area (Å²) >= 11 is 0. The minimum Gasteiger partial charge on any atom is -0.478 e. The number of unbranched alkanes of at least 4 members (excludes halogenated alkanes) is 20. The highest BCUT2D eigenvalue weighted by Crippen LogP contribution is 2.16. The summed E-state index contributed by atoms with van der Waals surface area (Å²) in [7, 11) is 0. The number of carbonyl (C=O) groups excluding carboxylic acids is 1. The molecule has 0 unspecified atom stereocenters. The van der Waals surface area contributed by atoms with Gasteiger partial charge in [-0.2, -0.15) is 0 Å². The summed E-state index contributed by atoms with van der Waals surface area (Å²) in [5.74, 6) is -3.33. The van der Waals surface area contributed by atoms with E-state index in [1.54, 1.807) is 0 Å². The lowest BCUT2D eigenvalue weighted by Gasteiger charge is -2.08. The monoisotopic (exact) mass is 532 g/mol. The number of carboxylic acids is 2. The van der Waals surface area contributed by atoms with Crippen molar-refractivity contribution >= 4 is 17.9 Å². The van der Waals surface area contributed by atoms with Gasteiger partial charge < -0.3 is 14.9 Å². The Hall–Kier alpha value is -2.37. The summed E-state index contributed by atoms with van der Waals surface area (Å²) in [6.07, 6.45) is 27.5. The molecule has 0 spiro atoms. The average molecular weight is 533 g/mol. The van der Waals surface area contributed by atoms with Crippen LogP contribution in [0.5, 0.6) is 0 Å². The largest absolute Gasteiger partial charge is 0.478 e. The predicted octanol–water partition coefficient (Wildman–Crippen LogP) is 9.45. The zero-order chi connectivity index (χ0) is 27.8. The number of carboxylic acid groups (broad SMARTS) is 2. The number of esters is 1. The maximum atomic E-state index is 12.2. The summed E-state index contributed by atoms with van der Waals surface area (Å²) in [5.41, 5.74) is -0.650. The number of rotatable bonds is 25. The second-order valence-corrected chi connectivity index (χ2v) is 10.6. The molecule has 0 fully saturated rings. The van der Waals surface area contributed by atoms with Crippen molar-refractivity contribution in [3.8, 4) is 0 Å². The summed E-state index contributed by atoms with van der Waals surface area (Å²) in [5, 5.41) is 18.3. The molecule has 216 valence electrons. The molecule has 6 heteroatoms. The van der Waals surface area contributed by atoms with E-state index in [0.717, 1.165) is 25.3 Å². The highest BCUT2D eigenvalue weighted by atomic mass is 16.5. The van der Waals surface area contributed by atoms with Crippen molar-refractivity contribution in [2.45, 2.75) is 142 Å². The van der Waals surface area contributed by atoms with Gasteiger partial charge in [0.1, 0.15) is 0 Å². The van der Waals surface area contributed by atoms with Gasteiger partial charge in [0, 0.05) is 0 Å². The molecule has 1 rings (SSSR count). The van der Waals surface area contributed by atoms with E-state index in [1.165, 1.54) is 128 Å². The molecule has 0 bridgehead atoms. The van der Waals surface area contributed by atoms with Gasteiger partial charge >= 0.3 is 17.9 Å². The Labute approximate surface area is 230 Å². The number of carbonyl (C=O) groups is 3. The molecule has 0 atom stereocenters. The van der Waals surface area contributed by atoms with Crippen LogP contribution < -0.4 is 0 Å². The third kappa shape index (κ3) is 16.5. The second-order valence-electron chi connectivity index (χ2n) is 10.6. The Morgan fingerprint density at radius 1 is 0.553 bits per heavy atom. The van der Waals surface area contributed by atoms with Crippen LogP contribution in [0.15, 0.2) is 18.2 Å². The summed E-state index contributed by atoms with van der Waals surface area (Å²) < 4.78 is 5.21. The van der Waals surface area contributed by atoms with Gasteiger partial charge in [-0.25, -0.2) is 14.4 Å². The quantitative estimate of drug-likeness (QED) is 0.0960. The van der Waals surface area contributed by atoms with Crippen molar-refractivity contribution in [1.82, 2.24) is 0 Å². The van der Waals surface area contributed by atoms with Crippen LogP contribution in [0.1, 0.15) is 173 Å². The standard InChI is InChI=1S/C32H52O6/c1-2-3-4-5-6-7-8-9-10-11-12-13-14-15-16-17-18-19-20-21-22-25-38-32(37)28-24-23-27(30(33)34)26-29(28)31(35)36/h23-24,26H,2-22,25H2,1H3,(H,33,34)(H,35,36). The molecule has 6 nitrogen and oxygen atoms in total. The topological polar surface area (TPSA) is 101 Å². The Morgan fingerprint density at radius 3 is 1.32 bits per heavy atom. The van der Waals surface area contributed by atoms with Crippen LogP contribution in [0.4, 0.5) is 0 Å². The molecule has 1 aromatic rings. The van der Waals surface area contributed by atoms with Gasteiger partial charge in [-0.15, -0.1) is 0 Å². The molecule has 2 N–H and O–H groups in total. The maximum Gasteiger partial charge on any atom is 0.339 e. The summed E-state index contributed by atoms with van der Waals surface area (Å²) in [6, 6.07) is 3.40. The van der Waals surface area contributed by atoms with Crippen molar-refractivity contribution in [1.29, 1.82) is 0 Å². The zero-order valence-electron chi connectivity index (χ0n) is 23.8. The second kappa shape index (κ2) is 22.6. The van der Waals surface area contributed by atoms with Crippen LogP contribution in [-0.4, -0.2) is 34.7 Å². The zero-order valence-corrected chi connectivity index (χ0v) is 23.8. The van der Waals surface area contributed by atoms with Gasteiger partial charge in [0.15, 0.2) is 0 Å². The number of aromatic carboxylic acids is 2. The molecule has 0 heterocycles. The van der Waals surface area contributed by atoms with Crippen LogP contribution in [0, 0.1) is 0 Å². The highest BCUT2D eigenvalue weighted by molar-refractivity contribution is 6.04. The van der Waals surface area contributed by atoms with E-state index in [1.807, 2.05) is 0 Å². The van der Waals surface area contributed by atoms with Crippen LogP contribution in [0.2, 0.25) is 0 Å². The maximum absolute atomic E-state index is 12.2. The van der Waals surface area contributed by atoms with Crippen molar-refractivity contribution in [3.63, 3.8) is 0 Å². The molecular formula is C32H52O6. The normalized spacial score (nSPS) is 11.0. The van der Waals surface area contributed by atoms with E-state index in [0.29, 0.717) is 0 Å². The van der Waals surface area contributed by atoms with E-state index < -0.39 is 17.9 Å². The summed E-state index contributed by atoms with van der Waals surface area (Å²) in [6.45, 7) is 2.51. The molecule has 0 saturated carbocycles. The molecule has 1 aromatic carbocycles. The fourth-order valence-electron chi connectivity index (χ4n) is 4.81. The van der Waals surface area contributed by atoms with Crippen molar-refractivity contribution in [3.05, 3.63) is 34.9 Å². The number of ether oxygens (including phenoxy) is 1. The van der Waals surface area contributed by atoms with Gasteiger partial charge in [-0.1, -0.05) is 135 Å². The van der Waals surface area contributed by atoms with E-state index in [-0.39, 0.29) is 23.3 Å². The van der Waals surface area contributed by atoms with Gasteiger partial charge in [0.25, 0.3) is 0 Å². The Morgan fingerprint density at radius 2 is 0.947 bits per heavy atom. The van der Waals surface area contributed by atoms with Crippen LogP contribution in [0.25, 0.3) is 0 Å². The summed E-state index contributed by atoms with van der Waals surface area (Å²) in [4.78, 5) is 34.6. The highest BCUT2D eigenvalue weighted by Gasteiger charge is 2.20. The van der Waals surface area contributed by atoms with Gasteiger partial charge in [0.2, 0.25) is 0 Å². The fourth-order valence-corrected chi connectivity index (χ4v) is 4.81. The van der Waals surface area contributed by atoms with Gasteiger partial charge in [-0.05, 0) is 24.6 Å². The first-order valence-electron chi connectivity index (χ1n) is 15.2. The smallest absolute Gasteiger partial charge is 0.339 e. The molecule has 0 aliphatic rings. The van der Waals surface area contributed by atoms with Gasteiger partial charge in [0.05, 0.1) is 23.3 Å². The average Bonchev–Trinajstić information content (AvgIpc) is 2.91. The first-order valence-corrected chi connectivity index (χ1v) is 15.2. The molecule has 38 heavy (non-hydrogen) atoms. The van der Waals surface area contributed by atoms with Crippen LogP contribution >= 0.6 is 0 Å². The minimum absolute atomic E-state index is 0.119. The number of hydrogen-bond donors (Lipinski definition) is 2. The SMILES string of the molecule is CCCCCCCCCCCCCCCCCCCCCCCOC(=O)c1ccc(C(=O)O)cc1C(=O)O. The van der Waals surface area contributed by atoms with Crippen molar-refractivity contribution in [2.24, 2.45) is 0 Å². The third-order valence-corrected chi connectivity index (χ3v) is 7.20. The van der Waals surface area contributed by atoms with Crippen molar-refractivity contribution < 1.29 is 29.3 Å². The lowest BCUT2D eigenvalue weighted by Crippen LogP contribution is -2.13. The lowest BCUT2D eigenvalue weighted by atomic mass is 10.0. The molecule has 0 aliphatic heterocycles. The van der Waals surface area contributed by atoms with Crippen molar-refractivity contribution in [2.75, 3.05) is 6.61 Å². The molecule has 0 aliphatic carbocycles. The Bertz CT molecular complexity index is 788. The van der Waals surface area contributed by atoms with E-state index in [2.05, 4.69) is 6.92 Å². The molecular weight excluding hydrogens is 480 g/mol. The molecule has 0 amide bonds. The molecule has 0 aromatic heterocycles. The predicted molar refractivity (Wildman–Crippen MR) is 153 cm³/mol. The number of hydrogen-bond acceptors (Lipinski definition) is 4. The van der Waals surface area contributed by atoms with E-state index >= 15 is 0 Å². The molecule has 0 saturated heterocycles. The van der Waals surface area contributed by atoms with Crippen LogP contribution in [-0.2, 0) is 4.74 Å². The van der Waals surface area contributed by atoms with Crippen LogP contribution in [0.3, 0.4) is 0 Å². The Kier molecular flexibility index (Phi) is 20.0. The molecule has 0 radical (unpaired) electrons. The third-order valence-electron chi connectivity index (χ3n) is 7.20. The lowest BCUT2D eigenvalue weighted by molar-refractivity contribution is 0.0486. The fraction of sp³-hybridized carbons (Fsp3) is 0.719. The Balaban J connectivity index is 1.91. The minimum atomic E-state index is -1.35. The number of benzene rings is 1. The van der Waals surface area contributed by atoms with E-state index in [9.17, 15) is 19.5 Å². The van der Waals surface area contributed by atoms with Gasteiger partial charge in [-0.3, -0.25) is 0 Å².